The van der Waals surface area contributed by atoms with Crippen LogP contribution in [0.2, 0.25) is 0 Å². The first-order chi connectivity index (χ1) is 13.8. The van der Waals surface area contributed by atoms with Gasteiger partial charge in [0, 0.05) is 6.08 Å². The molecule has 2 atom stereocenters. The molecule has 0 bridgehead atoms. The molecule has 2 aliphatic carbocycles. The Labute approximate surface area is 172 Å². The third-order valence-electron chi connectivity index (χ3n) is 5.18. The van der Waals surface area contributed by atoms with Crippen molar-refractivity contribution in [1.29, 1.82) is 10.5 Å². The molecule has 0 spiro atoms. The molecule has 0 aliphatic heterocycles. The lowest BCUT2D eigenvalue weighted by atomic mass is 9.85. The molecule has 2 unspecified atom stereocenters. The molecule has 0 heterocycles. The molecule has 2 N–H and O–H groups in total. The maximum Gasteiger partial charge on any atom is 0.330 e. The minimum atomic E-state index is -0.950. The first-order valence-corrected chi connectivity index (χ1v) is 9.98. The van der Waals surface area contributed by atoms with Crippen LogP contribution in [0.4, 0.5) is 0 Å². The van der Waals surface area contributed by atoms with Crippen LogP contribution in [0.25, 0.3) is 0 Å². The molecule has 6 nitrogen and oxygen atoms in total. The summed E-state index contributed by atoms with van der Waals surface area (Å²) in [6.07, 6.45) is 8.60. The van der Waals surface area contributed by atoms with Gasteiger partial charge < -0.3 is 14.9 Å². The van der Waals surface area contributed by atoms with Gasteiger partial charge in [-0.05, 0) is 69.9 Å². The van der Waals surface area contributed by atoms with Gasteiger partial charge in [-0.15, -0.1) is 0 Å². The standard InChI is InChI=1S/C23H28N2O4/c1-15(2)9-23(28)29-20-6-3-16(4-7-20)10-18(13-24)19(14-25)11-17-5-8-21(26)22(27)12-17/h9-12,16,20-22,26-27H,3-8H2,1-2H3/b18-10+,19-11+. The van der Waals surface area contributed by atoms with E-state index >= 15 is 0 Å². The highest BCUT2D eigenvalue weighted by molar-refractivity contribution is 5.82. The van der Waals surface area contributed by atoms with Gasteiger partial charge >= 0.3 is 5.97 Å². The zero-order valence-electron chi connectivity index (χ0n) is 17.0. The lowest BCUT2D eigenvalue weighted by Gasteiger charge is -2.26. The number of carbonyl (C=O) groups excluding carboxylic acids is 1. The Hall–Kier alpha value is -2.67. The summed E-state index contributed by atoms with van der Waals surface area (Å²) in [5.41, 5.74) is 2.23. The van der Waals surface area contributed by atoms with Crippen molar-refractivity contribution in [3.63, 3.8) is 0 Å². The summed E-state index contributed by atoms with van der Waals surface area (Å²) in [4.78, 5) is 11.8. The van der Waals surface area contributed by atoms with Crippen molar-refractivity contribution in [2.24, 2.45) is 5.92 Å². The van der Waals surface area contributed by atoms with Gasteiger partial charge in [0.15, 0.2) is 0 Å². The molecule has 2 rings (SSSR count). The molecular weight excluding hydrogens is 368 g/mol. The van der Waals surface area contributed by atoms with Crippen molar-refractivity contribution in [2.75, 3.05) is 0 Å². The van der Waals surface area contributed by atoms with Gasteiger partial charge in [-0.25, -0.2) is 4.79 Å². The third kappa shape index (κ3) is 7.02. The van der Waals surface area contributed by atoms with E-state index in [-0.39, 0.29) is 23.6 Å². The summed E-state index contributed by atoms with van der Waals surface area (Å²) < 4.78 is 5.45. The number of nitrogens with zero attached hydrogens (tertiary/aromatic N) is 2. The molecular formula is C23H28N2O4. The van der Waals surface area contributed by atoms with Crippen LogP contribution in [0.5, 0.6) is 0 Å². The topological polar surface area (TPSA) is 114 Å². The molecule has 0 aromatic carbocycles. The predicted octanol–water partition coefficient (Wildman–Crippen LogP) is 3.40. The Balaban J connectivity index is 2.03. The second-order valence-electron chi connectivity index (χ2n) is 7.90. The summed E-state index contributed by atoms with van der Waals surface area (Å²) in [7, 11) is 0. The molecule has 0 radical (unpaired) electrons. The second kappa shape index (κ2) is 10.8. The highest BCUT2D eigenvalue weighted by atomic mass is 16.5. The number of hydrogen-bond donors (Lipinski definition) is 2. The maximum absolute atomic E-state index is 11.8. The van der Waals surface area contributed by atoms with Gasteiger partial charge in [0.05, 0.1) is 23.4 Å². The van der Waals surface area contributed by atoms with E-state index in [9.17, 15) is 25.5 Å². The normalized spacial score (nSPS) is 27.9. The van der Waals surface area contributed by atoms with Gasteiger partial charge in [-0.1, -0.05) is 17.7 Å². The van der Waals surface area contributed by atoms with E-state index in [1.165, 1.54) is 12.2 Å². The highest BCUT2D eigenvalue weighted by Crippen LogP contribution is 2.30. The van der Waals surface area contributed by atoms with E-state index in [4.69, 9.17) is 4.74 Å². The van der Waals surface area contributed by atoms with E-state index in [2.05, 4.69) is 12.1 Å². The van der Waals surface area contributed by atoms with Crippen LogP contribution in [-0.4, -0.2) is 34.5 Å². The van der Waals surface area contributed by atoms with Gasteiger partial charge in [-0.2, -0.15) is 10.5 Å². The van der Waals surface area contributed by atoms with Crippen LogP contribution in [0.1, 0.15) is 52.4 Å². The van der Waals surface area contributed by atoms with Crippen molar-refractivity contribution in [3.8, 4) is 12.1 Å². The van der Waals surface area contributed by atoms with Crippen LogP contribution in [0.3, 0.4) is 0 Å². The largest absolute Gasteiger partial charge is 0.459 e. The van der Waals surface area contributed by atoms with Crippen molar-refractivity contribution < 1.29 is 19.7 Å². The van der Waals surface area contributed by atoms with E-state index < -0.39 is 12.2 Å². The summed E-state index contributed by atoms with van der Waals surface area (Å²) >= 11 is 0. The zero-order chi connectivity index (χ0) is 21.4. The molecule has 1 saturated carbocycles. The molecule has 6 heteroatoms. The third-order valence-corrected chi connectivity index (χ3v) is 5.18. The lowest BCUT2D eigenvalue weighted by Crippen LogP contribution is -2.27. The quantitative estimate of drug-likeness (QED) is 0.319. The number of ether oxygens (including phenoxy) is 1. The number of allylic oxidation sites excluding steroid dienone is 6. The number of rotatable bonds is 5. The first kappa shape index (κ1) is 22.6. The first-order valence-electron chi connectivity index (χ1n) is 9.98. The average Bonchev–Trinajstić information content (AvgIpc) is 2.68. The van der Waals surface area contributed by atoms with E-state index in [1.54, 1.807) is 6.08 Å². The molecule has 0 aromatic heterocycles. The van der Waals surface area contributed by atoms with Crippen LogP contribution in [0.15, 0.2) is 46.6 Å². The lowest BCUT2D eigenvalue weighted by molar-refractivity contribution is -0.144. The van der Waals surface area contributed by atoms with Crippen molar-refractivity contribution in [3.05, 3.63) is 46.6 Å². The Morgan fingerprint density at radius 2 is 1.76 bits per heavy atom. The molecule has 0 saturated heterocycles. The Bertz CT molecular complexity index is 811. The van der Waals surface area contributed by atoms with Crippen molar-refractivity contribution in [2.45, 2.75) is 70.7 Å². The van der Waals surface area contributed by atoms with Gasteiger partial charge in [0.2, 0.25) is 0 Å². The monoisotopic (exact) mass is 396 g/mol. The summed E-state index contributed by atoms with van der Waals surface area (Å²) in [5.74, 6) is -0.169. The summed E-state index contributed by atoms with van der Waals surface area (Å²) in [6.45, 7) is 3.69. The van der Waals surface area contributed by atoms with Crippen molar-refractivity contribution in [1.82, 2.24) is 0 Å². The molecule has 1 fully saturated rings. The van der Waals surface area contributed by atoms with Gasteiger partial charge in [0.25, 0.3) is 0 Å². The summed E-state index contributed by atoms with van der Waals surface area (Å²) in [5, 5.41) is 38.4. The van der Waals surface area contributed by atoms with Gasteiger partial charge in [0.1, 0.15) is 18.2 Å². The predicted molar refractivity (Wildman–Crippen MR) is 108 cm³/mol. The smallest absolute Gasteiger partial charge is 0.330 e. The Morgan fingerprint density at radius 3 is 2.31 bits per heavy atom. The fourth-order valence-corrected chi connectivity index (χ4v) is 3.61. The number of hydrogen-bond acceptors (Lipinski definition) is 6. The number of carbonyl (C=O) groups is 1. The van der Waals surface area contributed by atoms with Crippen LogP contribution >= 0.6 is 0 Å². The second-order valence-corrected chi connectivity index (χ2v) is 7.90. The zero-order valence-corrected chi connectivity index (χ0v) is 17.0. The van der Waals surface area contributed by atoms with Crippen LogP contribution in [-0.2, 0) is 9.53 Å². The number of aliphatic hydroxyl groups is 2. The molecule has 29 heavy (non-hydrogen) atoms. The minimum Gasteiger partial charge on any atom is -0.459 e. The van der Waals surface area contributed by atoms with E-state index in [0.29, 0.717) is 18.4 Å². The van der Waals surface area contributed by atoms with Crippen LogP contribution in [0, 0.1) is 28.6 Å². The fraction of sp³-hybridized carbons (Fsp3) is 0.522. The highest BCUT2D eigenvalue weighted by Gasteiger charge is 2.24. The number of aliphatic hydroxyl groups excluding tert-OH is 2. The van der Waals surface area contributed by atoms with Gasteiger partial charge in [-0.3, -0.25) is 0 Å². The molecule has 0 aromatic rings. The number of nitriles is 2. The molecule has 2 aliphatic rings. The average molecular weight is 396 g/mol. The van der Waals surface area contributed by atoms with E-state index in [1.807, 2.05) is 19.9 Å². The van der Waals surface area contributed by atoms with E-state index in [0.717, 1.165) is 36.8 Å². The minimum absolute atomic E-state index is 0.112. The Morgan fingerprint density at radius 1 is 1.10 bits per heavy atom. The Kier molecular flexibility index (Phi) is 8.39. The van der Waals surface area contributed by atoms with Crippen molar-refractivity contribution >= 4 is 5.97 Å². The molecule has 154 valence electrons. The SMILES string of the molecule is CC(C)=CC(=O)OC1CCC(/C=C(C#N)/C(C#N)=C/C2=CC(O)C(O)CC2)CC1. The van der Waals surface area contributed by atoms with Crippen LogP contribution < -0.4 is 0 Å². The molecule has 0 amide bonds. The maximum atomic E-state index is 11.8. The fourth-order valence-electron chi connectivity index (χ4n) is 3.61. The number of esters is 1. The summed E-state index contributed by atoms with van der Waals surface area (Å²) in [6, 6.07) is 4.19.